The molecule has 28 heavy (non-hydrogen) atoms. The van der Waals surface area contributed by atoms with E-state index in [4.69, 9.17) is 9.47 Å². The van der Waals surface area contributed by atoms with E-state index < -0.39 is 0 Å². The van der Waals surface area contributed by atoms with Crippen LogP contribution in [-0.4, -0.2) is 47.2 Å². The van der Waals surface area contributed by atoms with Gasteiger partial charge in [0.1, 0.15) is 0 Å². The molecule has 1 saturated heterocycles. The topological polar surface area (TPSA) is 74.8 Å². The number of nitrogens with one attached hydrogen (secondary N) is 1. The Balaban J connectivity index is 1.25. The van der Waals surface area contributed by atoms with Gasteiger partial charge in [0.05, 0.1) is 6.54 Å². The van der Waals surface area contributed by atoms with Gasteiger partial charge < -0.3 is 19.6 Å². The number of piperidine rings is 1. The molecular formula is C22H22N2O4. The maximum absolute atomic E-state index is 12.7. The molecule has 2 aliphatic heterocycles. The number of aromatic amines is 1. The van der Waals surface area contributed by atoms with Crippen molar-refractivity contribution in [2.45, 2.75) is 18.8 Å². The van der Waals surface area contributed by atoms with Crippen LogP contribution in [0.2, 0.25) is 0 Å². The van der Waals surface area contributed by atoms with Crippen molar-refractivity contribution in [2.24, 2.45) is 0 Å². The number of H-pyrrole nitrogens is 1. The summed E-state index contributed by atoms with van der Waals surface area (Å²) in [5.41, 5.74) is 2.63. The zero-order valence-corrected chi connectivity index (χ0v) is 15.5. The second kappa shape index (κ2) is 6.87. The minimum atomic E-state index is 0.0895. The molecule has 144 valence electrons. The zero-order valence-electron chi connectivity index (χ0n) is 15.5. The van der Waals surface area contributed by atoms with Gasteiger partial charge in [-0.25, -0.2) is 0 Å². The van der Waals surface area contributed by atoms with Crippen molar-refractivity contribution in [2.75, 3.05) is 26.4 Å². The van der Waals surface area contributed by atoms with Crippen LogP contribution in [0.25, 0.3) is 10.9 Å². The number of fused-ring (bicyclic) bond motifs is 2. The lowest BCUT2D eigenvalue weighted by Crippen LogP contribution is -2.36. The van der Waals surface area contributed by atoms with E-state index in [1.165, 1.54) is 0 Å². The number of Topliss-reactive ketones (excluding diaryl/α,β-unsaturated/α-hetero) is 1. The molecule has 0 radical (unpaired) electrons. The summed E-state index contributed by atoms with van der Waals surface area (Å²) in [6.07, 6.45) is 1.84. The molecule has 0 aliphatic carbocycles. The summed E-state index contributed by atoms with van der Waals surface area (Å²) in [5, 5.41) is 11.5. The van der Waals surface area contributed by atoms with Crippen LogP contribution in [-0.2, 0) is 0 Å². The number of hydrogen-bond donors (Lipinski definition) is 2. The molecule has 0 saturated carbocycles. The maximum Gasteiger partial charge on any atom is 0.231 e. The van der Waals surface area contributed by atoms with Gasteiger partial charge in [0.15, 0.2) is 23.2 Å². The predicted octanol–water partition coefficient (Wildman–Crippen LogP) is 3.66. The average molecular weight is 378 g/mol. The molecule has 0 amide bonds. The molecule has 2 aromatic carbocycles. The van der Waals surface area contributed by atoms with Crippen molar-refractivity contribution < 1.29 is 19.4 Å². The third kappa shape index (κ3) is 2.99. The lowest BCUT2D eigenvalue weighted by Gasteiger charge is -2.31. The first-order valence-corrected chi connectivity index (χ1v) is 9.64. The number of rotatable bonds is 4. The SMILES string of the molecule is O=C(CN1CCC(c2c(O)[nH]c3ccccc23)CC1)c1ccc2c(c1)OCO2. The molecule has 5 rings (SSSR count). The summed E-state index contributed by atoms with van der Waals surface area (Å²) in [4.78, 5) is 17.9. The summed E-state index contributed by atoms with van der Waals surface area (Å²) in [6, 6.07) is 13.4. The van der Waals surface area contributed by atoms with Crippen molar-refractivity contribution >= 4 is 16.7 Å². The molecule has 2 aliphatic rings. The summed E-state index contributed by atoms with van der Waals surface area (Å²) in [5.74, 6) is 1.99. The van der Waals surface area contributed by atoms with E-state index in [1.54, 1.807) is 18.2 Å². The quantitative estimate of drug-likeness (QED) is 0.678. The van der Waals surface area contributed by atoms with Crippen molar-refractivity contribution in [1.29, 1.82) is 0 Å². The van der Waals surface area contributed by atoms with Crippen molar-refractivity contribution in [3.63, 3.8) is 0 Å². The van der Waals surface area contributed by atoms with Gasteiger partial charge in [-0.1, -0.05) is 18.2 Å². The van der Waals surface area contributed by atoms with Crippen LogP contribution in [0, 0.1) is 0 Å². The number of aromatic hydroxyl groups is 1. The number of aromatic nitrogens is 1. The molecule has 6 nitrogen and oxygen atoms in total. The first-order valence-electron chi connectivity index (χ1n) is 9.64. The zero-order chi connectivity index (χ0) is 19.1. The summed E-state index contributed by atoms with van der Waals surface area (Å²) in [7, 11) is 0. The molecule has 3 aromatic rings. The third-order valence-corrected chi connectivity index (χ3v) is 5.78. The fourth-order valence-electron chi connectivity index (χ4n) is 4.31. The van der Waals surface area contributed by atoms with Gasteiger partial charge in [-0.15, -0.1) is 0 Å². The Bertz CT molecular complexity index is 1030. The number of benzene rings is 2. The first kappa shape index (κ1) is 17.1. The Hall–Kier alpha value is -2.99. The van der Waals surface area contributed by atoms with Crippen LogP contribution in [0.5, 0.6) is 17.4 Å². The highest BCUT2D eigenvalue weighted by atomic mass is 16.7. The van der Waals surface area contributed by atoms with Crippen LogP contribution >= 0.6 is 0 Å². The highest BCUT2D eigenvalue weighted by Gasteiger charge is 2.27. The standard InChI is InChI=1S/C22H22N2O4/c25-18(15-5-6-19-20(11-15)28-13-27-19)12-24-9-7-14(8-10-24)21-16-3-1-2-4-17(16)23-22(21)26/h1-6,11,14,23,26H,7-10,12-13H2. The highest BCUT2D eigenvalue weighted by Crippen LogP contribution is 2.39. The molecule has 0 bridgehead atoms. The van der Waals surface area contributed by atoms with E-state index >= 15 is 0 Å². The van der Waals surface area contributed by atoms with Gasteiger partial charge in [0, 0.05) is 22.0 Å². The molecule has 0 atom stereocenters. The van der Waals surface area contributed by atoms with Gasteiger partial charge in [-0.2, -0.15) is 0 Å². The molecule has 1 aromatic heterocycles. The smallest absolute Gasteiger partial charge is 0.231 e. The third-order valence-electron chi connectivity index (χ3n) is 5.78. The first-order chi connectivity index (χ1) is 13.7. The molecule has 0 unspecified atom stereocenters. The van der Waals surface area contributed by atoms with E-state index in [9.17, 15) is 9.90 Å². The Kier molecular flexibility index (Phi) is 4.20. The van der Waals surface area contributed by atoms with Crippen molar-refractivity contribution in [3.8, 4) is 17.4 Å². The van der Waals surface area contributed by atoms with Crippen LogP contribution in [0.15, 0.2) is 42.5 Å². The van der Waals surface area contributed by atoms with Gasteiger partial charge in [0.2, 0.25) is 6.79 Å². The normalized spacial score (nSPS) is 17.3. The number of ether oxygens (including phenoxy) is 2. The highest BCUT2D eigenvalue weighted by molar-refractivity contribution is 5.98. The number of carbonyl (C=O) groups excluding carboxylic acids is 1. The van der Waals surface area contributed by atoms with E-state index in [0.717, 1.165) is 42.4 Å². The number of para-hydroxylation sites is 1. The van der Waals surface area contributed by atoms with E-state index in [0.29, 0.717) is 29.5 Å². The van der Waals surface area contributed by atoms with E-state index in [-0.39, 0.29) is 18.5 Å². The molecule has 1 fully saturated rings. The molecule has 2 N–H and O–H groups in total. The second-order valence-electron chi connectivity index (χ2n) is 7.47. The Morgan fingerprint density at radius 2 is 1.89 bits per heavy atom. The number of ketones is 1. The number of carbonyl (C=O) groups is 1. The lowest BCUT2D eigenvalue weighted by molar-refractivity contribution is 0.0908. The minimum Gasteiger partial charge on any atom is -0.494 e. The molecule has 0 spiro atoms. The van der Waals surface area contributed by atoms with Crippen LogP contribution in [0.4, 0.5) is 0 Å². The Labute approximate surface area is 162 Å². The predicted molar refractivity (Wildman–Crippen MR) is 105 cm³/mol. The summed E-state index contributed by atoms with van der Waals surface area (Å²) in [6.45, 7) is 2.27. The summed E-state index contributed by atoms with van der Waals surface area (Å²) >= 11 is 0. The van der Waals surface area contributed by atoms with Gasteiger partial charge in [-0.05, 0) is 56.1 Å². The van der Waals surface area contributed by atoms with Crippen LogP contribution in [0.1, 0.15) is 34.7 Å². The Morgan fingerprint density at radius 3 is 2.75 bits per heavy atom. The van der Waals surface area contributed by atoms with Crippen molar-refractivity contribution in [3.05, 3.63) is 53.6 Å². The van der Waals surface area contributed by atoms with Crippen molar-refractivity contribution in [1.82, 2.24) is 9.88 Å². The lowest BCUT2D eigenvalue weighted by atomic mass is 9.88. The number of nitrogens with zero attached hydrogens (tertiary/aromatic N) is 1. The summed E-state index contributed by atoms with van der Waals surface area (Å²) < 4.78 is 10.7. The van der Waals surface area contributed by atoms with Gasteiger partial charge in [-0.3, -0.25) is 9.69 Å². The fraction of sp³-hybridized carbons (Fsp3) is 0.318. The number of hydrogen-bond acceptors (Lipinski definition) is 5. The monoisotopic (exact) mass is 378 g/mol. The van der Waals surface area contributed by atoms with Crippen LogP contribution < -0.4 is 9.47 Å². The average Bonchev–Trinajstić information content (AvgIpc) is 3.31. The molecular weight excluding hydrogens is 356 g/mol. The van der Waals surface area contributed by atoms with E-state index in [2.05, 4.69) is 16.0 Å². The van der Waals surface area contributed by atoms with Gasteiger partial charge >= 0.3 is 0 Å². The van der Waals surface area contributed by atoms with Crippen LogP contribution in [0.3, 0.4) is 0 Å². The van der Waals surface area contributed by atoms with Gasteiger partial charge in [0.25, 0.3) is 0 Å². The maximum atomic E-state index is 12.7. The second-order valence-corrected chi connectivity index (χ2v) is 7.47. The Morgan fingerprint density at radius 1 is 1.11 bits per heavy atom. The molecule has 6 heteroatoms. The largest absolute Gasteiger partial charge is 0.494 e. The molecule has 3 heterocycles. The number of likely N-dealkylation sites (tertiary alicyclic amines) is 1. The minimum absolute atomic E-state index is 0.0895. The van der Waals surface area contributed by atoms with E-state index in [1.807, 2.05) is 18.2 Å². The fourth-order valence-corrected chi connectivity index (χ4v) is 4.31.